The van der Waals surface area contributed by atoms with E-state index in [1.807, 2.05) is 24.3 Å². The summed E-state index contributed by atoms with van der Waals surface area (Å²) in [6, 6.07) is 19.2. The van der Waals surface area contributed by atoms with Crippen LogP contribution in [0, 0.1) is 23.0 Å². The highest BCUT2D eigenvalue weighted by Gasteiger charge is 2.17. The van der Waals surface area contributed by atoms with Crippen LogP contribution < -0.4 is 0 Å². The van der Waals surface area contributed by atoms with Gasteiger partial charge in [0.15, 0.2) is 0 Å². The fourth-order valence-corrected chi connectivity index (χ4v) is 3.38. The third-order valence-corrected chi connectivity index (χ3v) is 4.80. The van der Waals surface area contributed by atoms with Crippen LogP contribution in [0.4, 0.5) is 8.78 Å². The van der Waals surface area contributed by atoms with Gasteiger partial charge in [-0.3, -0.25) is 0 Å². The predicted octanol–water partition coefficient (Wildman–Crippen LogP) is 6.37. The van der Waals surface area contributed by atoms with Gasteiger partial charge in [-0.15, -0.1) is 0 Å². The van der Waals surface area contributed by atoms with E-state index in [4.69, 9.17) is 5.26 Å². The molecule has 26 heavy (non-hydrogen) atoms. The number of hydrogen-bond donors (Lipinski definition) is 0. The van der Waals surface area contributed by atoms with Crippen molar-refractivity contribution in [3.8, 4) is 17.2 Å². The molecule has 0 aliphatic carbocycles. The molecule has 0 aromatic heterocycles. The summed E-state index contributed by atoms with van der Waals surface area (Å²) >= 11 is 0. The Labute approximate surface area is 150 Å². The second kappa shape index (κ2) is 6.24. The van der Waals surface area contributed by atoms with Gasteiger partial charge in [0.2, 0.25) is 0 Å². The molecule has 0 spiro atoms. The first-order valence-corrected chi connectivity index (χ1v) is 8.46. The molecule has 0 atom stereocenters. The Balaban J connectivity index is 1.99. The molecule has 0 aliphatic rings. The summed E-state index contributed by atoms with van der Waals surface area (Å²) in [6.45, 7) is 2.07. The number of rotatable bonds is 2. The molecule has 0 aliphatic heterocycles. The van der Waals surface area contributed by atoms with E-state index in [0.717, 1.165) is 17.2 Å². The van der Waals surface area contributed by atoms with Crippen molar-refractivity contribution in [2.45, 2.75) is 13.3 Å². The van der Waals surface area contributed by atoms with Crippen LogP contribution in [-0.4, -0.2) is 0 Å². The molecule has 4 rings (SSSR count). The lowest BCUT2D eigenvalue weighted by molar-refractivity contribution is 0.598. The van der Waals surface area contributed by atoms with E-state index in [0.29, 0.717) is 21.9 Å². The molecule has 0 N–H and O–H groups in total. The van der Waals surface area contributed by atoms with Crippen molar-refractivity contribution in [2.75, 3.05) is 0 Å². The topological polar surface area (TPSA) is 23.8 Å². The van der Waals surface area contributed by atoms with Crippen LogP contribution in [0.2, 0.25) is 0 Å². The third kappa shape index (κ3) is 2.51. The Morgan fingerprint density at radius 2 is 1.58 bits per heavy atom. The predicted molar refractivity (Wildman–Crippen MR) is 101 cm³/mol. The van der Waals surface area contributed by atoms with Gasteiger partial charge in [-0.2, -0.15) is 5.26 Å². The number of hydrogen-bond acceptors (Lipinski definition) is 1. The monoisotopic (exact) mass is 343 g/mol. The molecule has 0 saturated heterocycles. The van der Waals surface area contributed by atoms with Gasteiger partial charge >= 0.3 is 0 Å². The molecule has 3 heteroatoms. The minimum Gasteiger partial charge on any atom is -0.206 e. The van der Waals surface area contributed by atoms with Gasteiger partial charge in [0.05, 0.1) is 17.2 Å². The van der Waals surface area contributed by atoms with E-state index in [1.165, 1.54) is 11.6 Å². The van der Waals surface area contributed by atoms with Crippen molar-refractivity contribution in [1.29, 1.82) is 5.26 Å². The molecular weight excluding hydrogens is 328 g/mol. The van der Waals surface area contributed by atoms with Crippen molar-refractivity contribution < 1.29 is 8.78 Å². The SMILES string of the molecule is CCc1ccc2c(ccc3c(F)c(-c4ccc(C#N)cc4)c(F)cc32)c1. The van der Waals surface area contributed by atoms with E-state index in [1.54, 1.807) is 30.3 Å². The Hall–Kier alpha value is -3.25. The minimum absolute atomic E-state index is 0.0634. The van der Waals surface area contributed by atoms with Gasteiger partial charge in [-0.25, -0.2) is 8.78 Å². The number of nitriles is 1. The van der Waals surface area contributed by atoms with Crippen LogP contribution in [0.3, 0.4) is 0 Å². The van der Waals surface area contributed by atoms with Crippen LogP contribution in [0.15, 0.2) is 60.7 Å². The lowest BCUT2D eigenvalue weighted by Gasteiger charge is -2.11. The van der Waals surface area contributed by atoms with Crippen LogP contribution in [0.5, 0.6) is 0 Å². The van der Waals surface area contributed by atoms with Gasteiger partial charge in [-0.1, -0.05) is 49.4 Å². The molecule has 1 nitrogen and oxygen atoms in total. The second-order valence-corrected chi connectivity index (χ2v) is 6.31. The van der Waals surface area contributed by atoms with E-state index in [-0.39, 0.29) is 5.56 Å². The zero-order chi connectivity index (χ0) is 18.3. The van der Waals surface area contributed by atoms with Crippen molar-refractivity contribution in [1.82, 2.24) is 0 Å². The van der Waals surface area contributed by atoms with E-state index < -0.39 is 11.6 Å². The number of halogens is 2. The fraction of sp³-hybridized carbons (Fsp3) is 0.0870. The highest BCUT2D eigenvalue weighted by atomic mass is 19.1. The maximum Gasteiger partial charge on any atom is 0.141 e. The summed E-state index contributed by atoms with van der Waals surface area (Å²) in [4.78, 5) is 0. The smallest absolute Gasteiger partial charge is 0.141 e. The van der Waals surface area contributed by atoms with E-state index >= 15 is 4.39 Å². The van der Waals surface area contributed by atoms with Crippen molar-refractivity contribution in [2.24, 2.45) is 0 Å². The first-order valence-electron chi connectivity index (χ1n) is 8.46. The quantitative estimate of drug-likeness (QED) is 0.388. The summed E-state index contributed by atoms with van der Waals surface area (Å²) in [5.74, 6) is -1.18. The zero-order valence-electron chi connectivity index (χ0n) is 14.2. The van der Waals surface area contributed by atoms with E-state index in [2.05, 4.69) is 13.0 Å². The van der Waals surface area contributed by atoms with Crippen molar-refractivity contribution in [3.63, 3.8) is 0 Å². The number of fused-ring (bicyclic) bond motifs is 3. The maximum atomic E-state index is 15.2. The van der Waals surface area contributed by atoms with Gasteiger partial charge in [0.25, 0.3) is 0 Å². The number of benzene rings is 4. The first kappa shape index (κ1) is 16.2. The van der Waals surface area contributed by atoms with Crippen LogP contribution in [0.25, 0.3) is 32.7 Å². The van der Waals surface area contributed by atoms with Gasteiger partial charge in [-0.05, 0) is 51.9 Å². The average Bonchev–Trinajstić information content (AvgIpc) is 2.67. The van der Waals surface area contributed by atoms with Gasteiger partial charge in [0.1, 0.15) is 11.6 Å². The summed E-state index contributed by atoms with van der Waals surface area (Å²) in [5.41, 5.74) is 1.99. The van der Waals surface area contributed by atoms with Crippen molar-refractivity contribution in [3.05, 3.63) is 83.4 Å². The van der Waals surface area contributed by atoms with Crippen LogP contribution in [0.1, 0.15) is 18.1 Å². The molecule has 0 radical (unpaired) electrons. The Morgan fingerprint density at radius 3 is 2.27 bits per heavy atom. The van der Waals surface area contributed by atoms with Crippen molar-refractivity contribution >= 4 is 21.5 Å². The molecule has 0 saturated carbocycles. The molecule has 126 valence electrons. The lowest BCUT2D eigenvalue weighted by Crippen LogP contribution is -1.94. The molecule has 4 aromatic rings. The van der Waals surface area contributed by atoms with Crippen LogP contribution >= 0.6 is 0 Å². The summed E-state index contributed by atoms with van der Waals surface area (Å²) in [5, 5.41) is 11.7. The molecule has 0 bridgehead atoms. The molecule has 0 heterocycles. The second-order valence-electron chi connectivity index (χ2n) is 6.31. The molecular formula is C23H15F2N. The number of nitrogens with zero attached hydrogens (tertiary/aromatic N) is 1. The maximum absolute atomic E-state index is 15.2. The highest BCUT2D eigenvalue weighted by molar-refractivity contribution is 6.09. The van der Waals surface area contributed by atoms with Gasteiger partial charge < -0.3 is 0 Å². The highest BCUT2D eigenvalue weighted by Crippen LogP contribution is 2.35. The molecule has 0 fully saturated rings. The summed E-state index contributed by atoms with van der Waals surface area (Å²) in [6.07, 6.45) is 0.911. The lowest BCUT2D eigenvalue weighted by atomic mass is 9.95. The summed E-state index contributed by atoms with van der Waals surface area (Å²) < 4.78 is 30.0. The number of aryl methyl sites for hydroxylation is 1. The Kier molecular flexibility index (Phi) is 3.89. The zero-order valence-corrected chi connectivity index (χ0v) is 14.2. The fourth-order valence-electron chi connectivity index (χ4n) is 3.38. The first-order chi connectivity index (χ1) is 12.6. The standard InChI is InChI=1S/C23H15F2N/c1-2-14-5-9-18-17(11-14)8-10-19-20(18)12-21(24)22(23(19)25)16-6-3-15(13-26)4-7-16/h3-12H,2H2,1H3. The average molecular weight is 343 g/mol. The normalized spacial score (nSPS) is 11.0. The Bertz CT molecular complexity index is 1190. The molecule has 0 amide bonds. The largest absolute Gasteiger partial charge is 0.206 e. The molecule has 4 aromatic carbocycles. The van der Waals surface area contributed by atoms with Gasteiger partial charge in [0, 0.05) is 5.39 Å². The third-order valence-electron chi connectivity index (χ3n) is 4.80. The van der Waals surface area contributed by atoms with E-state index in [9.17, 15) is 4.39 Å². The molecule has 0 unspecified atom stereocenters. The van der Waals surface area contributed by atoms with Crippen LogP contribution in [-0.2, 0) is 6.42 Å². The summed E-state index contributed by atoms with van der Waals surface area (Å²) in [7, 11) is 0. The minimum atomic E-state index is -0.605. The Morgan fingerprint density at radius 1 is 0.846 bits per heavy atom.